The maximum atomic E-state index is 11.6. The zero-order chi connectivity index (χ0) is 14.9. The number of aromatic amines is 1. The second-order valence-corrected chi connectivity index (χ2v) is 7.84. The lowest BCUT2D eigenvalue weighted by Crippen LogP contribution is -2.34. The average molecular weight is 307 g/mol. The summed E-state index contributed by atoms with van der Waals surface area (Å²) in [6.45, 7) is 1.11. The first-order valence-electron chi connectivity index (χ1n) is 7.44. The van der Waals surface area contributed by atoms with Gasteiger partial charge in [-0.25, -0.2) is 13.4 Å². The van der Waals surface area contributed by atoms with E-state index in [1.54, 1.807) is 18.2 Å². The van der Waals surface area contributed by atoms with E-state index >= 15 is 0 Å². The van der Waals surface area contributed by atoms with Gasteiger partial charge in [0.1, 0.15) is 5.82 Å². The van der Waals surface area contributed by atoms with Gasteiger partial charge in [0, 0.05) is 18.7 Å². The molecule has 0 amide bonds. The van der Waals surface area contributed by atoms with E-state index < -0.39 is 9.84 Å². The third-order valence-corrected chi connectivity index (χ3v) is 5.18. The lowest BCUT2D eigenvalue weighted by Gasteiger charge is -2.22. The van der Waals surface area contributed by atoms with Crippen LogP contribution in [0, 0.1) is 0 Å². The molecule has 0 aliphatic carbocycles. The normalized spacial score (nSPS) is 20.0. The van der Waals surface area contributed by atoms with Gasteiger partial charge in [-0.3, -0.25) is 0 Å². The number of sulfone groups is 1. The first-order chi connectivity index (χ1) is 10.0. The summed E-state index contributed by atoms with van der Waals surface area (Å²) in [4.78, 5) is 8.12. The van der Waals surface area contributed by atoms with Crippen molar-refractivity contribution in [3.05, 3.63) is 24.0 Å². The molecule has 1 unspecified atom stereocenters. The van der Waals surface area contributed by atoms with E-state index in [0.29, 0.717) is 10.9 Å². The van der Waals surface area contributed by atoms with Crippen LogP contribution in [0.2, 0.25) is 0 Å². The quantitative estimate of drug-likeness (QED) is 0.906. The summed E-state index contributed by atoms with van der Waals surface area (Å²) in [6.07, 6.45) is 6.99. The zero-order valence-corrected chi connectivity index (χ0v) is 13.0. The molecule has 21 heavy (non-hydrogen) atoms. The maximum absolute atomic E-state index is 11.6. The highest BCUT2D eigenvalue weighted by molar-refractivity contribution is 7.90. The fourth-order valence-corrected chi connectivity index (χ4v) is 3.52. The first-order valence-corrected chi connectivity index (χ1v) is 9.33. The molecule has 1 aromatic heterocycles. The van der Waals surface area contributed by atoms with Crippen molar-refractivity contribution in [1.82, 2.24) is 15.3 Å². The standard InChI is InChI=1S/C15H21N3O2S/c1-21(19,20)12-6-7-13-14(10-12)18-15(17-13)8-5-11-4-2-3-9-16-11/h6-7,10-11,16H,2-5,8-9H2,1H3,(H,17,18). The van der Waals surface area contributed by atoms with Crippen molar-refractivity contribution in [2.24, 2.45) is 0 Å². The molecule has 2 aromatic rings. The van der Waals surface area contributed by atoms with Crippen LogP contribution in [0.3, 0.4) is 0 Å². The summed E-state index contributed by atoms with van der Waals surface area (Å²) in [5.74, 6) is 0.933. The number of hydrogen-bond acceptors (Lipinski definition) is 4. The van der Waals surface area contributed by atoms with E-state index in [4.69, 9.17) is 0 Å². The fourth-order valence-electron chi connectivity index (χ4n) is 2.87. The molecule has 3 rings (SSSR count). The zero-order valence-electron chi connectivity index (χ0n) is 12.2. The molecule has 2 N–H and O–H groups in total. The average Bonchev–Trinajstić information content (AvgIpc) is 2.87. The minimum absolute atomic E-state index is 0.333. The summed E-state index contributed by atoms with van der Waals surface area (Å²) in [5, 5.41) is 3.53. The number of nitrogens with one attached hydrogen (secondary N) is 2. The van der Waals surface area contributed by atoms with E-state index in [1.165, 1.54) is 25.5 Å². The van der Waals surface area contributed by atoms with Crippen molar-refractivity contribution >= 4 is 20.9 Å². The number of benzene rings is 1. The number of hydrogen-bond donors (Lipinski definition) is 2. The Bertz CT molecular complexity index is 730. The lowest BCUT2D eigenvalue weighted by atomic mass is 10.0. The van der Waals surface area contributed by atoms with Gasteiger partial charge in [0.2, 0.25) is 0 Å². The Balaban J connectivity index is 1.74. The van der Waals surface area contributed by atoms with Crippen LogP contribution in [-0.4, -0.2) is 37.2 Å². The third kappa shape index (κ3) is 3.44. The minimum atomic E-state index is -3.17. The van der Waals surface area contributed by atoms with E-state index in [9.17, 15) is 8.42 Å². The molecule has 1 aliphatic heterocycles. The second kappa shape index (κ2) is 5.77. The Morgan fingerprint density at radius 3 is 2.90 bits per heavy atom. The SMILES string of the molecule is CS(=O)(=O)c1ccc2nc(CCC3CCCCN3)[nH]c2c1. The van der Waals surface area contributed by atoms with Crippen LogP contribution in [0.1, 0.15) is 31.5 Å². The van der Waals surface area contributed by atoms with Crippen molar-refractivity contribution in [3.63, 3.8) is 0 Å². The summed E-state index contributed by atoms with van der Waals surface area (Å²) in [7, 11) is -3.17. The summed E-state index contributed by atoms with van der Waals surface area (Å²) >= 11 is 0. The molecule has 0 saturated carbocycles. The van der Waals surface area contributed by atoms with Gasteiger partial charge in [-0.1, -0.05) is 6.42 Å². The molecular formula is C15H21N3O2S. The maximum Gasteiger partial charge on any atom is 0.175 e. The van der Waals surface area contributed by atoms with Gasteiger partial charge in [-0.05, 0) is 44.0 Å². The van der Waals surface area contributed by atoms with Crippen LogP contribution < -0.4 is 5.32 Å². The first kappa shape index (κ1) is 14.5. The number of aryl methyl sites for hydroxylation is 1. The van der Waals surface area contributed by atoms with Gasteiger partial charge in [0.05, 0.1) is 15.9 Å². The molecule has 0 bridgehead atoms. The molecule has 2 heterocycles. The van der Waals surface area contributed by atoms with Gasteiger partial charge in [-0.15, -0.1) is 0 Å². The molecule has 6 heteroatoms. The van der Waals surface area contributed by atoms with Gasteiger partial charge >= 0.3 is 0 Å². The molecular weight excluding hydrogens is 286 g/mol. The predicted molar refractivity (Wildman–Crippen MR) is 83.2 cm³/mol. The highest BCUT2D eigenvalue weighted by Crippen LogP contribution is 2.19. The van der Waals surface area contributed by atoms with Crippen molar-refractivity contribution < 1.29 is 8.42 Å². The highest BCUT2D eigenvalue weighted by atomic mass is 32.2. The minimum Gasteiger partial charge on any atom is -0.342 e. The van der Waals surface area contributed by atoms with Crippen molar-refractivity contribution in [2.45, 2.75) is 43.0 Å². The Morgan fingerprint density at radius 2 is 2.19 bits per heavy atom. The molecule has 1 saturated heterocycles. The number of H-pyrrole nitrogens is 1. The summed E-state index contributed by atoms with van der Waals surface area (Å²) in [6, 6.07) is 5.63. The smallest absolute Gasteiger partial charge is 0.175 e. The lowest BCUT2D eigenvalue weighted by molar-refractivity contribution is 0.381. The Kier molecular flexibility index (Phi) is 3.99. The molecule has 1 fully saturated rings. The van der Waals surface area contributed by atoms with E-state index in [-0.39, 0.29) is 0 Å². The van der Waals surface area contributed by atoms with Gasteiger partial charge in [0.25, 0.3) is 0 Å². The fraction of sp³-hybridized carbons (Fsp3) is 0.533. The molecule has 0 radical (unpaired) electrons. The second-order valence-electron chi connectivity index (χ2n) is 5.82. The van der Waals surface area contributed by atoms with E-state index in [0.717, 1.165) is 36.2 Å². The molecule has 5 nitrogen and oxygen atoms in total. The molecule has 1 atom stereocenters. The third-order valence-electron chi connectivity index (χ3n) is 4.07. The van der Waals surface area contributed by atoms with Crippen LogP contribution in [0.4, 0.5) is 0 Å². The van der Waals surface area contributed by atoms with Gasteiger partial charge in [0.15, 0.2) is 9.84 Å². The highest BCUT2D eigenvalue weighted by Gasteiger charge is 2.14. The number of nitrogens with zero attached hydrogens (tertiary/aromatic N) is 1. The molecule has 0 spiro atoms. The van der Waals surface area contributed by atoms with E-state index in [2.05, 4.69) is 15.3 Å². The van der Waals surface area contributed by atoms with Crippen LogP contribution in [0.5, 0.6) is 0 Å². The van der Waals surface area contributed by atoms with Crippen LogP contribution >= 0.6 is 0 Å². The number of piperidine rings is 1. The Morgan fingerprint density at radius 1 is 1.33 bits per heavy atom. The van der Waals surface area contributed by atoms with E-state index in [1.807, 2.05) is 0 Å². The van der Waals surface area contributed by atoms with Crippen molar-refractivity contribution in [2.75, 3.05) is 12.8 Å². The topological polar surface area (TPSA) is 74.8 Å². The summed E-state index contributed by atoms with van der Waals surface area (Å²) < 4.78 is 23.1. The van der Waals surface area contributed by atoms with Crippen LogP contribution in [0.25, 0.3) is 11.0 Å². The number of rotatable bonds is 4. The Hall–Kier alpha value is -1.40. The van der Waals surface area contributed by atoms with Gasteiger partial charge in [-0.2, -0.15) is 0 Å². The largest absolute Gasteiger partial charge is 0.342 e. The van der Waals surface area contributed by atoms with Crippen LogP contribution in [0.15, 0.2) is 23.1 Å². The van der Waals surface area contributed by atoms with Gasteiger partial charge < -0.3 is 10.3 Å². The van der Waals surface area contributed by atoms with Crippen molar-refractivity contribution in [3.8, 4) is 0 Å². The molecule has 114 valence electrons. The number of fused-ring (bicyclic) bond motifs is 1. The molecule has 1 aliphatic rings. The predicted octanol–water partition coefficient (Wildman–Crippen LogP) is 2.04. The summed E-state index contributed by atoms with van der Waals surface area (Å²) in [5.41, 5.74) is 1.62. The number of imidazole rings is 1. The van der Waals surface area contributed by atoms with Crippen molar-refractivity contribution in [1.29, 1.82) is 0 Å². The molecule has 1 aromatic carbocycles. The monoisotopic (exact) mass is 307 g/mol. The van der Waals surface area contributed by atoms with Crippen LogP contribution in [-0.2, 0) is 16.3 Å². The Labute approximate surface area is 125 Å². The number of aromatic nitrogens is 2.